The molecule has 0 aromatic heterocycles. The van der Waals surface area contributed by atoms with Gasteiger partial charge in [-0.05, 0) is 55.2 Å². The minimum Gasteiger partial charge on any atom is -0.480 e. The van der Waals surface area contributed by atoms with E-state index in [9.17, 15) is 4.79 Å². The average Bonchev–Trinajstić information content (AvgIpc) is 2.86. The molecule has 3 nitrogen and oxygen atoms in total. The Bertz CT molecular complexity index is 470. The average molecular weight is 245 g/mol. The summed E-state index contributed by atoms with van der Waals surface area (Å²) >= 11 is 0. The third-order valence-corrected chi connectivity index (χ3v) is 4.21. The fourth-order valence-electron chi connectivity index (χ4n) is 3.20. The first-order valence-corrected chi connectivity index (χ1v) is 6.84. The molecule has 1 aliphatic heterocycles. The maximum Gasteiger partial charge on any atom is 0.320 e. The maximum absolute atomic E-state index is 11.1. The molecule has 0 saturated carbocycles. The summed E-state index contributed by atoms with van der Waals surface area (Å²) in [6.45, 7) is 0. The summed E-state index contributed by atoms with van der Waals surface area (Å²) in [5, 5.41) is 12.4. The van der Waals surface area contributed by atoms with Crippen LogP contribution < -0.4 is 5.32 Å². The zero-order valence-electron chi connectivity index (χ0n) is 10.5. The number of hydrogen-bond acceptors (Lipinski definition) is 2. The molecule has 1 aromatic carbocycles. The van der Waals surface area contributed by atoms with Crippen molar-refractivity contribution in [2.75, 3.05) is 0 Å². The van der Waals surface area contributed by atoms with Crippen LogP contribution in [0.3, 0.4) is 0 Å². The second-order valence-corrected chi connectivity index (χ2v) is 5.42. The summed E-state index contributed by atoms with van der Waals surface area (Å²) in [6, 6.07) is 6.52. The standard InChI is InChI=1S/C15H19NO2/c17-15(18)14-6-2-5-13(16-14)12-8-7-10-3-1-4-11(10)9-12/h7-9,13-14,16H,1-6H2,(H,17,18). The van der Waals surface area contributed by atoms with Gasteiger partial charge in [0.25, 0.3) is 0 Å². The normalized spacial score (nSPS) is 26.9. The van der Waals surface area contributed by atoms with E-state index in [0.29, 0.717) is 0 Å². The monoisotopic (exact) mass is 245 g/mol. The molecule has 3 rings (SSSR count). The molecule has 1 saturated heterocycles. The van der Waals surface area contributed by atoms with Gasteiger partial charge < -0.3 is 5.11 Å². The Kier molecular flexibility index (Phi) is 3.08. The predicted octanol–water partition coefficient (Wildman–Crippen LogP) is 2.44. The smallest absolute Gasteiger partial charge is 0.320 e. The molecule has 0 amide bonds. The number of fused-ring (bicyclic) bond motifs is 1. The number of aliphatic carboxylic acids is 1. The van der Waals surface area contributed by atoms with Crippen molar-refractivity contribution >= 4 is 5.97 Å². The minimum atomic E-state index is -0.721. The van der Waals surface area contributed by atoms with Crippen LogP contribution in [0.5, 0.6) is 0 Å². The van der Waals surface area contributed by atoms with Gasteiger partial charge in [-0.25, -0.2) is 0 Å². The van der Waals surface area contributed by atoms with Crippen LogP contribution in [0.15, 0.2) is 18.2 Å². The van der Waals surface area contributed by atoms with Crippen LogP contribution >= 0.6 is 0 Å². The summed E-state index contributed by atoms with van der Waals surface area (Å²) in [6.07, 6.45) is 6.42. The van der Waals surface area contributed by atoms with E-state index < -0.39 is 5.97 Å². The summed E-state index contributed by atoms with van der Waals surface area (Å²) in [5.74, 6) is -0.721. The molecule has 2 aliphatic rings. The van der Waals surface area contributed by atoms with E-state index in [1.54, 1.807) is 0 Å². The predicted molar refractivity (Wildman–Crippen MR) is 69.6 cm³/mol. The number of rotatable bonds is 2. The number of carboxylic acid groups (broad SMARTS) is 1. The Hall–Kier alpha value is -1.35. The van der Waals surface area contributed by atoms with Gasteiger partial charge in [0.15, 0.2) is 0 Å². The van der Waals surface area contributed by atoms with E-state index in [2.05, 4.69) is 23.5 Å². The molecular weight excluding hydrogens is 226 g/mol. The van der Waals surface area contributed by atoms with Crippen molar-refractivity contribution in [3.05, 3.63) is 34.9 Å². The lowest BCUT2D eigenvalue weighted by Gasteiger charge is -2.29. The highest BCUT2D eigenvalue weighted by Crippen LogP contribution is 2.30. The van der Waals surface area contributed by atoms with E-state index in [0.717, 1.165) is 19.3 Å². The molecule has 1 heterocycles. The van der Waals surface area contributed by atoms with Crippen molar-refractivity contribution in [2.45, 2.75) is 50.6 Å². The Morgan fingerprint density at radius 1 is 1.17 bits per heavy atom. The van der Waals surface area contributed by atoms with Gasteiger partial charge in [-0.1, -0.05) is 18.2 Å². The van der Waals surface area contributed by atoms with Crippen LogP contribution in [0.1, 0.15) is 48.4 Å². The van der Waals surface area contributed by atoms with Gasteiger partial charge in [-0.2, -0.15) is 0 Å². The molecule has 1 aromatic rings. The molecule has 1 aliphatic carbocycles. The quantitative estimate of drug-likeness (QED) is 0.841. The Morgan fingerprint density at radius 3 is 2.83 bits per heavy atom. The van der Waals surface area contributed by atoms with Crippen LogP contribution in [-0.4, -0.2) is 17.1 Å². The minimum absolute atomic E-state index is 0.214. The largest absolute Gasteiger partial charge is 0.480 e. The Balaban J connectivity index is 1.80. The molecule has 2 N–H and O–H groups in total. The number of carbonyl (C=O) groups is 1. The van der Waals surface area contributed by atoms with Crippen LogP contribution in [-0.2, 0) is 17.6 Å². The third kappa shape index (κ3) is 2.15. The van der Waals surface area contributed by atoms with Crippen molar-refractivity contribution in [1.29, 1.82) is 0 Å². The van der Waals surface area contributed by atoms with E-state index in [4.69, 9.17) is 5.11 Å². The van der Waals surface area contributed by atoms with Gasteiger partial charge in [0.2, 0.25) is 0 Å². The molecule has 2 atom stereocenters. The van der Waals surface area contributed by atoms with Crippen molar-refractivity contribution in [3.63, 3.8) is 0 Å². The van der Waals surface area contributed by atoms with E-state index >= 15 is 0 Å². The number of aryl methyl sites for hydroxylation is 2. The number of nitrogens with one attached hydrogen (secondary N) is 1. The molecular formula is C15H19NO2. The van der Waals surface area contributed by atoms with Gasteiger partial charge in [0.05, 0.1) is 0 Å². The van der Waals surface area contributed by atoms with Crippen molar-refractivity contribution in [3.8, 4) is 0 Å². The molecule has 0 spiro atoms. The molecule has 96 valence electrons. The lowest BCUT2D eigenvalue weighted by Crippen LogP contribution is -2.42. The van der Waals surface area contributed by atoms with Crippen LogP contribution in [0.25, 0.3) is 0 Å². The van der Waals surface area contributed by atoms with Crippen LogP contribution in [0.2, 0.25) is 0 Å². The number of benzene rings is 1. The SMILES string of the molecule is O=C(O)C1CCCC(c2ccc3c(c2)CCC3)N1. The Labute approximate surface area is 107 Å². The molecule has 2 unspecified atom stereocenters. The third-order valence-electron chi connectivity index (χ3n) is 4.21. The Morgan fingerprint density at radius 2 is 2.00 bits per heavy atom. The summed E-state index contributed by atoms with van der Waals surface area (Å²) in [4.78, 5) is 11.1. The molecule has 18 heavy (non-hydrogen) atoms. The van der Waals surface area contributed by atoms with Gasteiger partial charge in [0, 0.05) is 6.04 Å². The molecule has 1 fully saturated rings. The van der Waals surface area contributed by atoms with Crippen molar-refractivity contribution < 1.29 is 9.90 Å². The van der Waals surface area contributed by atoms with Gasteiger partial charge in [-0.3, -0.25) is 10.1 Å². The lowest BCUT2D eigenvalue weighted by molar-refractivity contribution is -0.140. The first kappa shape index (κ1) is 11.7. The first-order valence-electron chi connectivity index (χ1n) is 6.84. The molecule has 3 heteroatoms. The van der Waals surface area contributed by atoms with E-state index in [-0.39, 0.29) is 12.1 Å². The fourth-order valence-corrected chi connectivity index (χ4v) is 3.20. The van der Waals surface area contributed by atoms with Gasteiger partial charge in [-0.15, -0.1) is 0 Å². The van der Waals surface area contributed by atoms with Gasteiger partial charge in [0.1, 0.15) is 6.04 Å². The number of carboxylic acids is 1. The second-order valence-electron chi connectivity index (χ2n) is 5.42. The van der Waals surface area contributed by atoms with E-state index in [1.165, 1.54) is 36.0 Å². The van der Waals surface area contributed by atoms with Crippen molar-refractivity contribution in [2.24, 2.45) is 0 Å². The molecule has 0 bridgehead atoms. The zero-order valence-corrected chi connectivity index (χ0v) is 10.5. The van der Waals surface area contributed by atoms with Crippen LogP contribution in [0.4, 0.5) is 0 Å². The zero-order chi connectivity index (χ0) is 12.5. The highest BCUT2D eigenvalue weighted by Gasteiger charge is 2.27. The van der Waals surface area contributed by atoms with E-state index in [1.807, 2.05) is 0 Å². The van der Waals surface area contributed by atoms with Crippen LogP contribution in [0, 0.1) is 0 Å². The summed E-state index contributed by atoms with van der Waals surface area (Å²) in [7, 11) is 0. The summed E-state index contributed by atoms with van der Waals surface area (Å²) < 4.78 is 0. The highest BCUT2D eigenvalue weighted by atomic mass is 16.4. The van der Waals surface area contributed by atoms with Crippen molar-refractivity contribution in [1.82, 2.24) is 5.32 Å². The number of hydrogen-bond donors (Lipinski definition) is 2. The second kappa shape index (κ2) is 4.73. The summed E-state index contributed by atoms with van der Waals surface area (Å²) in [5.41, 5.74) is 4.21. The topological polar surface area (TPSA) is 49.3 Å². The van der Waals surface area contributed by atoms with Gasteiger partial charge >= 0.3 is 5.97 Å². The first-order chi connectivity index (χ1) is 8.74. The maximum atomic E-state index is 11.1. The fraction of sp³-hybridized carbons (Fsp3) is 0.533. The molecule has 0 radical (unpaired) electrons. The number of piperidine rings is 1. The lowest BCUT2D eigenvalue weighted by atomic mass is 9.92. The highest BCUT2D eigenvalue weighted by molar-refractivity contribution is 5.73.